The van der Waals surface area contributed by atoms with Crippen LogP contribution in [0.25, 0.3) is 0 Å². The maximum atomic E-state index is 3.84. The Morgan fingerprint density at radius 2 is 1.95 bits per heavy atom. The maximum absolute atomic E-state index is 3.84. The van der Waals surface area contributed by atoms with E-state index in [1.807, 2.05) is 0 Å². The van der Waals surface area contributed by atoms with Crippen molar-refractivity contribution in [2.75, 3.05) is 19.6 Å². The average molecular weight is 272 g/mol. The number of piperazine rings is 1. The Kier molecular flexibility index (Phi) is 3.87. The molecule has 1 saturated carbocycles. The standard InChI is InChI=1S/C18H28N2/c1-14(2)12-20-13-18(3,16-7-5-4-6-8-16)19-11-17(20)15-9-10-15/h4-8,14-15,17,19H,9-13H2,1-3H3. The molecule has 1 aromatic carbocycles. The quantitative estimate of drug-likeness (QED) is 0.905. The first-order chi connectivity index (χ1) is 9.58. The minimum absolute atomic E-state index is 0.0988. The van der Waals surface area contributed by atoms with E-state index in [2.05, 4.69) is 61.3 Å². The predicted octanol–water partition coefficient (Wildman–Crippen LogP) is 3.24. The van der Waals surface area contributed by atoms with Crippen LogP contribution in [-0.4, -0.2) is 30.6 Å². The zero-order valence-corrected chi connectivity index (χ0v) is 13.1. The van der Waals surface area contributed by atoms with Gasteiger partial charge in [0.2, 0.25) is 0 Å². The van der Waals surface area contributed by atoms with Crippen LogP contribution >= 0.6 is 0 Å². The van der Waals surface area contributed by atoms with Gasteiger partial charge in [-0.15, -0.1) is 0 Å². The molecule has 1 N–H and O–H groups in total. The molecule has 1 saturated heterocycles. The summed E-state index contributed by atoms with van der Waals surface area (Å²) in [6.45, 7) is 10.5. The molecule has 20 heavy (non-hydrogen) atoms. The van der Waals surface area contributed by atoms with Crippen molar-refractivity contribution in [3.8, 4) is 0 Å². The second-order valence-electron chi connectivity index (χ2n) is 7.31. The first kappa shape index (κ1) is 14.1. The molecule has 0 aromatic heterocycles. The van der Waals surface area contributed by atoms with Crippen molar-refractivity contribution in [2.45, 2.75) is 45.2 Å². The van der Waals surface area contributed by atoms with Crippen LogP contribution < -0.4 is 5.32 Å². The monoisotopic (exact) mass is 272 g/mol. The summed E-state index contributed by atoms with van der Waals surface area (Å²) in [7, 11) is 0. The third-order valence-electron chi connectivity index (χ3n) is 4.87. The summed E-state index contributed by atoms with van der Waals surface area (Å²) in [6, 6.07) is 11.7. The van der Waals surface area contributed by atoms with Crippen LogP contribution in [0.4, 0.5) is 0 Å². The van der Waals surface area contributed by atoms with Crippen LogP contribution in [0.15, 0.2) is 30.3 Å². The van der Waals surface area contributed by atoms with E-state index in [9.17, 15) is 0 Å². The van der Waals surface area contributed by atoms with Gasteiger partial charge >= 0.3 is 0 Å². The molecule has 0 radical (unpaired) electrons. The molecule has 1 aliphatic carbocycles. The second kappa shape index (κ2) is 5.50. The zero-order chi connectivity index (χ0) is 14.2. The lowest BCUT2D eigenvalue weighted by atomic mass is 9.87. The molecule has 110 valence electrons. The molecule has 2 atom stereocenters. The first-order valence-electron chi connectivity index (χ1n) is 8.13. The summed E-state index contributed by atoms with van der Waals surface area (Å²) in [5.41, 5.74) is 1.52. The second-order valence-corrected chi connectivity index (χ2v) is 7.31. The number of nitrogens with one attached hydrogen (secondary N) is 1. The summed E-state index contributed by atoms with van der Waals surface area (Å²) in [4.78, 5) is 2.76. The molecule has 1 aromatic rings. The fourth-order valence-electron chi connectivity index (χ4n) is 3.65. The Bertz CT molecular complexity index is 438. The lowest BCUT2D eigenvalue weighted by molar-refractivity contribution is 0.0635. The Balaban J connectivity index is 1.78. The molecule has 2 unspecified atom stereocenters. The highest BCUT2D eigenvalue weighted by Crippen LogP contribution is 2.39. The van der Waals surface area contributed by atoms with Crippen molar-refractivity contribution in [3.63, 3.8) is 0 Å². The van der Waals surface area contributed by atoms with Crippen molar-refractivity contribution in [2.24, 2.45) is 11.8 Å². The SMILES string of the molecule is CC(C)CN1CC(C)(c2ccccc2)NCC1C1CC1. The summed E-state index contributed by atoms with van der Waals surface area (Å²) in [5.74, 6) is 1.69. The Hall–Kier alpha value is -0.860. The Morgan fingerprint density at radius 3 is 2.55 bits per heavy atom. The van der Waals surface area contributed by atoms with Gasteiger partial charge in [-0.3, -0.25) is 4.90 Å². The van der Waals surface area contributed by atoms with Gasteiger partial charge in [0.05, 0.1) is 5.54 Å². The molecule has 2 aliphatic rings. The van der Waals surface area contributed by atoms with Crippen LogP contribution in [0.3, 0.4) is 0 Å². The van der Waals surface area contributed by atoms with Crippen molar-refractivity contribution >= 4 is 0 Å². The normalized spacial score (nSPS) is 31.7. The molecule has 0 bridgehead atoms. The molecule has 0 spiro atoms. The molecule has 3 rings (SSSR count). The fraction of sp³-hybridized carbons (Fsp3) is 0.667. The Labute approximate surface area is 123 Å². The largest absolute Gasteiger partial charge is 0.305 e. The van der Waals surface area contributed by atoms with E-state index in [-0.39, 0.29) is 5.54 Å². The van der Waals surface area contributed by atoms with Crippen LogP contribution in [0.2, 0.25) is 0 Å². The Morgan fingerprint density at radius 1 is 1.25 bits per heavy atom. The molecular weight excluding hydrogens is 244 g/mol. The van der Waals surface area contributed by atoms with E-state index < -0.39 is 0 Å². The number of rotatable bonds is 4. The third kappa shape index (κ3) is 2.91. The highest BCUT2D eigenvalue weighted by Gasteiger charge is 2.43. The van der Waals surface area contributed by atoms with Gasteiger partial charge in [0, 0.05) is 25.7 Å². The summed E-state index contributed by atoms with van der Waals surface area (Å²) in [6.07, 6.45) is 2.87. The molecular formula is C18H28N2. The van der Waals surface area contributed by atoms with Crippen LogP contribution in [0.5, 0.6) is 0 Å². The number of hydrogen-bond acceptors (Lipinski definition) is 2. The molecule has 2 fully saturated rings. The average Bonchev–Trinajstić information content (AvgIpc) is 3.24. The highest BCUT2D eigenvalue weighted by molar-refractivity contribution is 5.25. The smallest absolute Gasteiger partial charge is 0.0535 e. The topological polar surface area (TPSA) is 15.3 Å². The summed E-state index contributed by atoms with van der Waals surface area (Å²) in [5, 5.41) is 3.84. The first-order valence-corrected chi connectivity index (χ1v) is 8.13. The lowest BCUT2D eigenvalue weighted by Crippen LogP contribution is -2.62. The van der Waals surface area contributed by atoms with E-state index >= 15 is 0 Å². The molecule has 2 nitrogen and oxygen atoms in total. The molecule has 2 heteroatoms. The minimum Gasteiger partial charge on any atom is -0.305 e. The number of hydrogen-bond donors (Lipinski definition) is 1. The van der Waals surface area contributed by atoms with E-state index in [1.54, 1.807) is 0 Å². The molecule has 0 amide bonds. The van der Waals surface area contributed by atoms with Gasteiger partial charge in [-0.05, 0) is 37.2 Å². The number of benzene rings is 1. The fourth-order valence-corrected chi connectivity index (χ4v) is 3.65. The highest BCUT2D eigenvalue weighted by atomic mass is 15.3. The predicted molar refractivity (Wildman–Crippen MR) is 84.7 cm³/mol. The lowest BCUT2D eigenvalue weighted by Gasteiger charge is -2.47. The van der Waals surface area contributed by atoms with Crippen molar-refractivity contribution in [1.29, 1.82) is 0 Å². The van der Waals surface area contributed by atoms with Crippen LogP contribution in [0.1, 0.15) is 39.2 Å². The zero-order valence-electron chi connectivity index (χ0n) is 13.1. The van der Waals surface area contributed by atoms with Gasteiger partial charge < -0.3 is 5.32 Å². The van der Waals surface area contributed by atoms with Gasteiger partial charge in [0.1, 0.15) is 0 Å². The third-order valence-corrected chi connectivity index (χ3v) is 4.87. The van der Waals surface area contributed by atoms with E-state index in [4.69, 9.17) is 0 Å². The van der Waals surface area contributed by atoms with Gasteiger partial charge in [0.15, 0.2) is 0 Å². The van der Waals surface area contributed by atoms with E-state index in [1.165, 1.54) is 24.9 Å². The van der Waals surface area contributed by atoms with Gasteiger partial charge in [-0.2, -0.15) is 0 Å². The molecule has 1 aliphatic heterocycles. The number of nitrogens with zero attached hydrogens (tertiary/aromatic N) is 1. The van der Waals surface area contributed by atoms with Gasteiger partial charge in [-0.25, -0.2) is 0 Å². The van der Waals surface area contributed by atoms with E-state index in [0.29, 0.717) is 0 Å². The minimum atomic E-state index is 0.0988. The van der Waals surface area contributed by atoms with E-state index in [0.717, 1.165) is 31.0 Å². The van der Waals surface area contributed by atoms with Crippen molar-refractivity contribution < 1.29 is 0 Å². The van der Waals surface area contributed by atoms with Crippen LogP contribution in [-0.2, 0) is 5.54 Å². The van der Waals surface area contributed by atoms with Gasteiger partial charge in [-0.1, -0.05) is 44.2 Å². The summed E-state index contributed by atoms with van der Waals surface area (Å²) >= 11 is 0. The molecule has 1 heterocycles. The van der Waals surface area contributed by atoms with Gasteiger partial charge in [0.25, 0.3) is 0 Å². The van der Waals surface area contributed by atoms with Crippen LogP contribution in [0, 0.1) is 11.8 Å². The van der Waals surface area contributed by atoms with Crippen molar-refractivity contribution in [1.82, 2.24) is 10.2 Å². The van der Waals surface area contributed by atoms with Crippen molar-refractivity contribution in [3.05, 3.63) is 35.9 Å². The maximum Gasteiger partial charge on any atom is 0.0535 e. The summed E-state index contributed by atoms with van der Waals surface area (Å²) < 4.78 is 0.